The minimum absolute atomic E-state index is 0.369. The molecule has 1 heterocycles. The summed E-state index contributed by atoms with van der Waals surface area (Å²) in [5.74, 6) is 0.909. The van der Waals surface area contributed by atoms with Gasteiger partial charge in [-0.25, -0.2) is 0 Å². The second kappa shape index (κ2) is 6.78. The topological polar surface area (TPSA) is 47.7 Å². The number of hydrogen-bond acceptors (Lipinski definition) is 4. The molecule has 0 atom stereocenters. The largest absolute Gasteiger partial charge is 0.491 e. The number of methoxy groups -OCH3 is 1. The Kier molecular flexibility index (Phi) is 5.05. The molecule has 0 saturated carbocycles. The zero-order chi connectivity index (χ0) is 13.7. The molecular weight excluding hydrogens is 240 g/mol. The SMILES string of the molecule is COCCOc1ccc(N2CCC(N)CC2)c(C)c1. The standard InChI is InChI=1S/C15H24N2O2/c1-12-11-14(19-10-9-18-2)3-4-15(12)17-7-5-13(16)6-8-17/h3-4,11,13H,5-10,16H2,1-2H3. The Morgan fingerprint density at radius 3 is 2.63 bits per heavy atom. The summed E-state index contributed by atoms with van der Waals surface area (Å²) in [6, 6.07) is 6.65. The zero-order valence-electron chi connectivity index (χ0n) is 11.9. The fourth-order valence-electron chi connectivity index (χ4n) is 2.46. The van der Waals surface area contributed by atoms with Crippen LogP contribution in [0.3, 0.4) is 0 Å². The van der Waals surface area contributed by atoms with Gasteiger partial charge in [-0.05, 0) is 43.5 Å². The summed E-state index contributed by atoms with van der Waals surface area (Å²) in [4.78, 5) is 2.41. The molecule has 4 heteroatoms. The number of hydrogen-bond donors (Lipinski definition) is 1. The van der Waals surface area contributed by atoms with Crippen LogP contribution < -0.4 is 15.4 Å². The molecule has 1 fully saturated rings. The van der Waals surface area contributed by atoms with Crippen molar-refractivity contribution >= 4 is 5.69 Å². The predicted molar refractivity (Wildman–Crippen MR) is 78.0 cm³/mol. The number of nitrogens with two attached hydrogens (primary N) is 1. The van der Waals surface area contributed by atoms with E-state index >= 15 is 0 Å². The van der Waals surface area contributed by atoms with E-state index in [-0.39, 0.29) is 0 Å². The molecule has 1 saturated heterocycles. The number of rotatable bonds is 5. The lowest BCUT2D eigenvalue weighted by molar-refractivity contribution is 0.146. The maximum absolute atomic E-state index is 5.95. The fourth-order valence-corrected chi connectivity index (χ4v) is 2.46. The van der Waals surface area contributed by atoms with Crippen molar-refractivity contribution in [1.82, 2.24) is 0 Å². The number of nitrogens with zero attached hydrogens (tertiary/aromatic N) is 1. The third-order valence-corrected chi connectivity index (χ3v) is 3.60. The van der Waals surface area contributed by atoms with Crippen molar-refractivity contribution in [1.29, 1.82) is 0 Å². The molecule has 0 bridgehead atoms. The van der Waals surface area contributed by atoms with Crippen molar-refractivity contribution in [3.8, 4) is 5.75 Å². The van der Waals surface area contributed by atoms with E-state index in [2.05, 4.69) is 24.0 Å². The Morgan fingerprint density at radius 1 is 1.26 bits per heavy atom. The molecule has 1 aliphatic rings. The molecule has 1 aromatic carbocycles. The van der Waals surface area contributed by atoms with Crippen molar-refractivity contribution < 1.29 is 9.47 Å². The molecule has 0 radical (unpaired) electrons. The highest BCUT2D eigenvalue weighted by Gasteiger charge is 2.17. The van der Waals surface area contributed by atoms with Gasteiger partial charge in [-0.2, -0.15) is 0 Å². The second-order valence-electron chi connectivity index (χ2n) is 5.11. The number of anilines is 1. The lowest BCUT2D eigenvalue weighted by atomic mass is 10.0. The summed E-state index contributed by atoms with van der Waals surface area (Å²) >= 11 is 0. The van der Waals surface area contributed by atoms with Gasteiger partial charge in [-0.3, -0.25) is 0 Å². The number of aryl methyl sites for hydroxylation is 1. The Hall–Kier alpha value is -1.26. The first-order valence-electron chi connectivity index (χ1n) is 6.93. The van der Waals surface area contributed by atoms with Gasteiger partial charge in [0.2, 0.25) is 0 Å². The zero-order valence-corrected chi connectivity index (χ0v) is 11.9. The highest BCUT2D eigenvalue weighted by atomic mass is 16.5. The molecule has 0 aromatic heterocycles. The van der Waals surface area contributed by atoms with Crippen LogP contribution in [0, 0.1) is 6.92 Å². The van der Waals surface area contributed by atoms with Crippen molar-refractivity contribution in [2.45, 2.75) is 25.8 Å². The van der Waals surface area contributed by atoms with Crippen LogP contribution in [0.25, 0.3) is 0 Å². The van der Waals surface area contributed by atoms with Gasteiger partial charge in [-0.15, -0.1) is 0 Å². The molecule has 1 aliphatic heterocycles. The Balaban J connectivity index is 1.98. The van der Waals surface area contributed by atoms with Crippen LogP contribution in [0.4, 0.5) is 5.69 Å². The van der Waals surface area contributed by atoms with Crippen LogP contribution in [0.15, 0.2) is 18.2 Å². The summed E-state index contributed by atoms with van der Waals surface area (Å²) in [5.41, 5.74) is 8.50. The molecule has 2 rings (SSSR count). The van der Waals surface area contributed by atoms with Crippen LogP contribution >= 0.6 is 0 Å². The molecule has 4 nitrogen and oxygen atoms in total. The third-order valence-electron chi connectivity index (χ3n) is 3.60. The number of piperidine rings is 1. The van der Waals surface area contributed by atoms with Crippen molar-refractivity contribution in [2.75, 3.05) is 38.3 Å². The van der Waals surface area contributed by atoms with Gasteiger partial charge in [0.25, 0.3) is 0 Å². The van der Waals surface area contributed by atoms with Crippen LogP contribution in [0.5, 0.6) is 5.75 Å². The minimum Gasteiger partial charge on any atom is -0.491 e. The van der Waals surface area contributed by atoms with Crippen LogP contribution in [0.2, 0.25) is 0 Å². The van der Waals surface area contributed by atoms with Gasteiger partial charge in [0.05, 0.1) is 6.61 Å². The molecule has 0 amide bonds. The number of benzene rings is 1. The monoisotopic (exact) mass is 264 g/mol. The van der Waals surface area contributed by atoms with E-state index in [9.17, 15) is 0 Å². The van der Waals surface area contributed by atoms with Crippen LogP contribution in [0.1, 0.15) is 18.4 Å². The average molecular weight is 264 g/mol. The van der Waals surface area contributed by atoms with E-state index in [1.165, 1.54) is 11.3 Å². The van der Waals surface area contributed by atoms with E-state index in [1.807, 2.05) is 6.07 Å². The van der Waals surface area contributed by atoms with Gasteiger partial charge in [0.1, 0.15) is 12.4 Å². The van der Waals surface area contributed by atoms with E-state index in [0.717, 1.165) is 31.7 Å². The first kappa shape index (κ1) is 14.2. The van der Waals surface area contributed by atoms with Gasteiger partial charge < -0.3 is 20.1 Å². The summed E-state index contributed by atoms with van der Waals surface area (Å²) in [5, 5.41) is 0. The highest BCUT2D eigenvalue weighted by Crippen LogP contribution is 2.27. The molecule has 0 aliphatic carbocycles. The fraction of sp³-hybridized carbons (Fsp3) is 0.600. The predicted octanol–water partition coefficient (Wildman–Crippen LogP) is 1.95. The van der Waals surface area contributed by atoms with E-state index in [0.29, 0.717) is 19.3 Å². The molecule has 0 unspecified atom stereocenters. The second-order valence-corrected chi connectivity index (χ2v) is 5.11. The normalized spacial score (nSPS) is 16.7. The first-order valence-corrected chi connectivity index (χ1v) is 6.93. The van der Waals surface area contributed by atoms with Crippen molar-refractivity contribution in [3.63, 3.8) is 0 Å². The molecule has 2 N–H and O–H groups in total. The first-order chi connectivity index (χ1) is 9.20. The number of ether oxygens (including phenoxy) is 2. The molecule has 19 heavy (non-hydrogen) atoms. The van der Waals surface area contributed by atoms with Crippen molar-refractivity contribution in [3.05, 3.63) is 23.8 Å². The lowest BCUT2D eigenvalue weighted by Crippen LogP contribution is -2.39. The summed E-state index contributed by atoms with van der Waals surface area (Å²) < 4.78 is 10.6. The lowest BCUT2D eigenvalue weighted by Gasteiger charge is -2.33. The Morgan fingerprint density at radius 2 is 2.00 bits per heavy atom. The van der Waals surface area contributed by atoms with Crippen LogP contribution in [-0.4, -0.2) is 39.5 Å². The van der Waals surface area contributed by atoms with Gasteiger partial charge >= 0.3 is 0 Å². The molecule has 106 valence electrons. The smallest absolute Gasteiger partial charge is 0.119 e. The summed E-state index contributed by atoms with van der Waals surface area (Å²) in [7, 11) is 1.68. The molecular formula is C15H24N2O2. The van der Waals surface area contributed by atoms with Gasteiger partial charge in [0.15, 0.2) is 0 Å². The van der Waals surface area contributed by atoms with E-state index in [4.69, 9.17) is 15.2 Å². The summed E-state index contributed by atoms with van der Waals surface area (Å²) in [6.45, 7) is 5.43. The maximum atomic E-state index is 5.95. The average Bonchev–Trinajstić information content (AvgIpc) is 2.41. The molecule has 0 spiro atoms. The third kappa shape index (κ3) is 3.85. The Labute approximate surface area is 115 Å². The summed E-state index contributed by atoms with van der Waals surface area (Å²) in [6.07, 6.45) is 2.15. The van der Waals surface area contributed by atoms with Gasteiger partial charge in [0, 0.05) is 31.9 Å². The van der Waals surface area contributed by atoms with Gasteiger partial charge in [-0.1, -0.05) is 0 Å². The van der Waals surface area contributed by atoms with Crippen molar-refractivity contribution in [2.24, 2.45) is 5.73 Å². The van der Waals surface area contributed by atoms with E-state index in [1.54, 1.807) is 7.11 Å². The van der Waals surface area contributed by atoms with Crippen LogP contribution in [-0.2, 0) is 4.74 Å². The minimum atomic E-state index is 0.369. The Bertz CT molecular complexity index is 401. The molecule has 1 aromatic rings. The highest BCUT2D eigenvalue weighted by molar-refractivity contribution is 5.56. The van der Waals surface area contributed by atoms with E-state index < -0.39 is 0 Å². The quantitative estimate of drug-likeness (QED) is 0.826. The maximum Gasteiger partial charge on any atom is 0.119 e.